The molecule has 266 valence electrons. The Kier molecular flexibility index (Phi) is 8.54. The molecule has 0 unspecified atom stereocenters. The fourth-order valence-corrected chi connectivity index (χ4v) is 7.66. The summed E-state index contributed by atoms with van der Waals surface area (Å²) in [5.41, 5.74) is 12.0. The monoisotopic (exact) mass is 871 g/mol. The molecule has 0 N–H and O–H groups in total. The number of pyridine rings is 1. The number of rotatable bonds is 5. The van der Waals surface area contributed by atoms with E-state index in [9.17, 15) is 0 Å². The van der Waals surface area contributed by atoms with Crippen LogP contribution in [0.15, 0.2) is 116 Å². The van der Waals surface area contributed by atoms with Gasteiger partial charge in [0.15, 0.2) is 0 Å². The SMILES string of the molecule is Cc1cc(C)c(-c2cc(Oc3[c-]c4c(cc3)c3ccccc3n4-c3cc(C(C)(C)C)ccn3)[c-]c(N3[CH-]n4ccnc4-c4ccccc43)c2)c(C)c1.[Pt]. The van der Waals surface area contributed by atoms with E-state index in [1.165, 1.54) is 27.8 Å². The third-order valence-electron chi connectivity index (χ3n) is 9.99. The van der Waals surface area contributed by atoms with Gasteiger partial charge in [0.05, 0.1) is 0 Å². The van der Waals surface area contributed by atoms with Crippen molar-refractivity contribution in [2.75, 3.05) is 4.90 Å². The van der Waals surface area contributed by atoms with Crippen molar-refractivity contribution in [3.8, 4) is 39.8 Å². The molecular formula is C46H38N5OPt-3. The predicted molar refractivity (Wildman–Crippen MR) is 211 cm³/mol. The summed E-state index contributed by atoms with van der Waals surface area (Å²) < 4.78 is 11.0. The molecule has 1 aliphatic heterocycles. The molecule has 0 spiro atoms. The second-order valence-corrected chi connectivity index (χ2v) is 14.7. The Bertz CT molecular complexity index is 2660. The summed E-state index contributed by atoms with van der Waals surface area (Å²) in [6.07, 6.45) is 5.71. The minimum atomic E-state index is -0.0209. The standard InChI is InChI=1S/C46H38N5O.Pt/c1-29-21-30(2)44(31(3)22-29)32-23-34(50-28-49-20-19-48-45(49)39-12-8-9-13-40(39)50)26-36(24-32)52-35-15-16-38-37-11-7-10-14-41(37)51(42(38)27-35)43-25-33(17-18-47-43)46(4,5)6;/h7-25,28H,1-6H3;/q-3;. The number of hydrogen-bond acceptors (Lipinski definition) is 4. The quantitative estimate of drug-likeness (QED) is 0.162. The number of ether oxygens (including phenoxy) is 1. The summed E-state index contributed by atoms with van der Waals surface area (Å²) >= 11 is 0. The van der Waals surface area contributed by atoms with Crippen molar-refractivity contribution >= 4 is 33.2 Å². The molecule has 0 saturated carbocycles. The number of para-hydroxylation sites is 2. The van der Waals surface area contributed by atoms with Gasteiger partial charge in [0.2, 0.25) is 0 Å². The molecule has 5 aromatic carbocycles. The fraction of sp³-hybridized carbons (Fsp3) is 0.152. The normalized spacial score (nSPS) is 12.3. The molecule has 0 amide bonds. The molecular weight excluding hydrogens is 834 g/mol. The second-order valence-electron chi connectivity index (χ2n) is 14.7. The van der Waals surface area contributed by atoms with E-state index in [1.54, 1.807) is 0 Å². The summed E-state index contributed by atoms with van der Waals surface area (Å²) in [5.74, 6) is 2.96. The molecule has 0 atom stereocenters. The zero-order valence-electron chi connectivity index (χ0n) is 30.5. The third-order valence-corrected chi connectivity index (χ3v) is 9.99. The maximum atomic E-state index is 6.79. The molecule has 0 fully saturated rings. The van der Waals surface area contributed by atoms with Gasteiger partial charge in [-0.2, -0.15) is 6.07 Å². The number of fused-ring (bicyclic) bond motifs is 6. The van der Waals surface area contributed by atoms with Gasteiger partial charge in [-0.05, 0) is 96.5 Å². The molecule has 8 aromatic rings. The van der Waals surface area contributed by atoms with Gasteiger partial charge in [0.1, 0.15) is 5.82 Å². The van der Waals surface area contributed by atoms with Gasteiger partial charge in [-0.1, -0.05) is 92.3 Å². The number of aromatic nitrogens is 4. The number of anilines is 2. The number of hydrogen-bond donors (Lipinski definition) is 0. The first-order valence-corrected chi connectivity index (χ1v) is 17.6. The van der Waals surface area contributed by atoms with Crippen LogP contribution in [0.1, 0.15) is 43.0 Å². The van der Waals surface area contributed by atoms with E-state index in [0.717, 1.165) is 55.9 Å². The topological polar surface area (TPSA) is 48.1 Å². The Morgan fingerprint density at radius 3 is 2.32 bits per heavy atom. The Morgan fingerprint density at radius 1 is 0.736 bits per heavy atom. The van der Waals surface area contributed by atoms with Gasteiger partial charge in [0, 0.05) is 55.8 Å². The summed E-state index contributed by atoms with van der Waals surface area (Å²) in [5, 5.41) is 2.23. The van der Waals surface area contributed by atoms with Crippen LogP contribution < -0.4 is 9.64 Å². The van der Waals surface area contributed by atoms with Crippen LogP contribution in [0, 0.1) is 39.6 Å². The number of benzene rings is 5. The zero-order chi connectivity index (χ0) is 35.7. The third kappa shape index (κ3) is 6.01. The molecule has 3 aromatic heterocycles. The van der Waals surface area contributed by atoms with E-state index in [4.69, 9.17) is 9.72 Å². The van der Waals surface area contributed by atoms with Gasteiger partial charge >= 0.3 is 0 Å². The molecule has 7 heteroatoms. The average Bonchev–Trinajstić information content (AvgIpc) is 3.73. The number of imidazole rings is 1. The smallest absolute Gasteiger partial charge is 0.135 e. The van der Waals surface area contributed by atoms with Crippen molar-refractivity contribution in [3.05, 3.63) is 157 Å². The van der Waals surface area contributed by atoms with Crippen LogP contribution in [-0.2, 0) is 26.5 Å². The van der Waals surface area contributed by atoms with Crippen LogP contribution in [0.2, 0.25) is 0 Å². The van der Waals surface area contributed by atoms with E-state index in [-0.39, 0.29) is 26.5 Å². The molecule has 4 heterocycles. The predicted octanol–water partition coefficient (Wildman–Crippen LogP) is 11.4. The molecule has 0 bridgehead atoms. The molecule has 0 aliphatic carbocycles. The van der Waals surface area contributed by atoms with Crippen LogP contribution in [0.5, 0.6) is 11.5 Å². The summed E-state index contributed by atoms with van der Waals surface area (Å²) in [6.45, 7) is 15.2. The zero-order valence-corrected chi connectivity index (χ0v) is 32.8. The first-order valence-electron chi connectivity index (χ1n) is 17.6. The van der Waals surface area contributed by atoms with E-state index in [0.29, 0.717) is 11.5 Å². The van der Waals surface area contributed by atoms with Crippen LogP contribution in [0.25, 0.3) is 50.1 Å². The van der Waals surface area contributed by atoms with Crippen molar-refractivity contribution < 1.29 is 25.8 Å². The van der Waals surface area contributed by atoms with E-state index < -0.39 is 0 Å². The van der Waals surface area contributed by atoms with E-state index in [2.05, 4.69) is 170 Å². The van der Waals surface area contributed by atoms with Crippen molar-refractivity contribution in [1.82, 2.24) is 19.1 Å². The largest absolute Gasteiger partial charge is 0.509 e. The maximum Gasteiger partial charge on any atom is 0.135 e. The van der Waals surface area contributed by atoms with Crippen LogP contribution >= 0.6 is 0 Å². The number of nitrogens with zero attached hydrogens (tertiary/aromatic N) is 5. The van der Waals surface area contributed by atoms with Crippen molar-refractivity contribution in [2.24, 2.45) is 0 Å². The molecule has 6 nitrogen and oxygen atoms in total. The van der Waals surface area contributed by atoms with Gasteiger partial charge < -0.3 is 23.8 Å². The minimum absolute atomic E-state index is 0. The van der Waals surface area contributed by atoms with E-state index >= 15 is 0 Å². The van der Waals surface area contributed by atoms with Crippen LogP contribution in [0.3, 0.4) is 0 Å². The van der Waals surface area contributed by atoms with Gasteiger partial charge in [-0.3, -0.25) is 0 Å². The molecule has 53 heavy (non-hydrogen) atoms. The van der Waals surface area contributed by atoms with Gasteiger partial charge in [-0.25, -0.2) is 4.98 Å². The second kappa shape index (κ2) is 13.1. The Labute approximate surface area is 325 Å². The van der Waals surface area contributed by atoms with Crippen molar-refractivity contribution in [1.29, 1.82) is 0 Å². The maximum absolute atomic E-state index is 6.79. The Morgan fingerprint density at radius 2 is 1.51 bits per heavy atom. The molecule has 0 radical (unpaired) electrons. The van der Waals surface area contributed by atoms with Crippen LogP contribution in [-0.4, -0.2) is 19.1 Å². The molecule has 9 rings (SSSR count). The number of aryl methyl sites for hydroxylation is 3. The first-order chi connectivity index (χ1) is 25.1. The molecule has 1 aliphatic rings. The first kappa shape index (κ1) is 34.5. The summed E-state index contributed by atoms with van der Waals surface area (Å²) in [6, 6.07) is 41.2. The van der Waals surface area contributed by atoms with Gasteiger partial charge in [0.25, 0.3) is 0 Å². The summed E-state index contributed by atoms with van der Waals surface area (Å²) in [7, 11) is 0. The average molecular weight is 872 g/mol. The van der Waals surface area contributed by atoms with E-state index in [1.807, 2.05) is 24.7 Å². The van der Waals surface area contributed by atoms with Crippen molar-refractivity contribution in [3.63, 3.8) is 0 Å². The minimum Gasteiger partial charge on any atom is -0.509 e. The van der Waals surface area contributed by atoms with Crippen molar-refractivity contribution in [2.45, 2.75) is 47.0 Å². The Hall–Kier alpha value is -5.58. The summed E-state index contributed by atoms with van der Waals surface area (Å²) in [4.78, 5) is 11.7. The Balaban J connectivity index is 0.00000400. The fourth-order valence-electron chi connectivity index (χ4n) is 7.66. The van der Waals surface area contributed by atoms with Crippen LogP contribution in [0.4, 0.5) is 11.4 Å². The molecule has 0 saturated heterocycles. The van der Waals surface area contributed by atoms with Gasteiger partial charge in [-0.15, -0.1) is 41.3 Å².